The number of aromatic nitrogens is 9. The number of carboxylic acid groups (broad SMARTS) is 3. The van der Waals surface area contributed by atoms with Crippen LogP contribution < -0.4 is 14.2 Å². The van der Waals surface area contributed by atoms with Crippen molar-refractivity contribution in [1.29, 1.82) is 0 Å². The van der Waals surface area contributed by atoms with Gasteiger partial charge in [0.15, 0.2) is 0 Å². The van der Waals surface area contributed by atoms with Gasteiger partial charge in [0, 0.05) is 107 Å². The van der Waals surface area contributed by atoms with E-state index in [-0.39, 0.29) is 22.3 Å². The smallest absolute Gasteiger partial charge is 0.335 e. The van der Waals surface area contributed by atoms with Crippen molar-refractivity contribution in [2.45, 2.75) is 6.92 Å². The van der Waals surface area contributed by atoms with Crippen molar-refractivity contribution in [2.24, 2.45) is 0 Å². The van der Waals surface area contributed by atoms with Gasteiger partial charge < -0.3 is 59.2 Å². The minimum absolute atomic E-state index is 0.0116. The standard InChI is InChI=1S/C26H26N4O3.C25H23ClN4O3.C25H23FN4O3/c1-17-4-5-20(26(31)32)16-22(17)24-23(18-10-12-27-13-11-18)28-25(29-24)19-6-8-21(9-7-19)33-15-14-30(2)3;2*1-30(2)13-14-33-19-6-3-17(4-7-19)24-28-22(16-9-11-27-12-10-16)23(29-24)20-15-18(25(31)32)5-8-21(20)26/h4-13,16H,14-15H2,1-3H3,(H,28,29)(H,31,32);2*3-12,15H,13-14H2,1-2H3,(H,28,29)(H,31,32). The van der Waals surface area contributed by atoms with Crippen LogP contribution in [-0.4, -0.2) is 175 Å². The van der Waals surface area contributed by atoms with Gasteiger partial charge in [-0.3, -0.25) is 15.0 Å². The fraction of sp³-hybridized carbons (Fsp3) is 0.171. The molecule has 0 aliphatic heterocycles. The van der Waals surface area contributed by atoms with Gasteiger partial charge in [-0.15, -0.1) is 0 Å². The molecule has 0 aliphatic rings. The van der Waals surface area contributed by atoms with E-state index in [1.54, 1.807) is 73.6 Å². The molecule has 0 fully saturated rings. The molecule has 99 heavy (non-hydrogen) atoms. The number of carboxylic acids is 3. The van der Waals surface area contributed by atoms with Crippen LogP contribution in [0.15, 0.2) is 201 Å². The van der Waals surface area contributed by atoms with E-state index in [0.29, 0.717) is 70.7 Å². The van der Waals surface area contributed by atoms with Gasteiger partial charge in [-0.1, -0.05) is 17.7 Å². The van der Waals surface area contributed by atoms with Gasteiger partial charge >= 0.3 is 17.9 Å². The van der Waals surface area contributed by atoms with Gasteiger partial charge in [-0.2, -0.15) is 0 Å². The number of ether oxygens (including phenoxy) is 3. The third-order valence-electron chi connectivity index (χ3n) is 15.5. The van der Waals surface area contributed by atoms with E-state index in [4.69, 9.17) is 40.8 Å². The number of rotatable bonds is 24. The number of hydrogen-bond donors (Lipinski definition) is 6. The number of aromatic amines is 3. The van der Waals surface area contributed by atoms with Crippen LogP contribution in [-0.2, 0) is 0 Å². The number of nitrogens with zero attached hydrogens (tertiary/aromatic N) is 9. The minimum atomic E-state index is -1.13. The maximum Gasteiger partial charge on any atom is 0.335 e. The molecule has 6 heterocycles. The molecule has 504 valence electrons. The van der Waals surface area contributed by atoms with Crippen LogP contribution in [0, 0.1) is 12.7 Å². The second-order valence-corrected chi connectivity index (χ2v) is 23.9. The summed E-state index contributed by atoms with van der Waals surface area (Å²) in [6, 6.07) is 47.3. The highest BCUT2D eigenvalue weighted by Crippen LogP contribution is 2.40. The Hall–Kier alpha value is -11.7. The second kappa shape index (κ2) is 32.8. The SMILES string of the molecule is CN(C)CCOc1ccc(-c2nc(-c3ccncc3)c(-c3cc(C(=O)O)ccc3Cl)[nH]2)cc1.CN(C)CCOc1ccc(-c2nc(-c3ccncc3)c(-c3cc(C(=O)O)ccc3F)[nH]2)cc1.Cc1ccc(C(=O)O)cc1-c1[nH]c(-c2ccc(OCCN(C)C)cc2)nc1-c1ccncc1. The Morgan fingerprint density at radius 3 is 1.05 bits per heavy atom. The zero-order valence-corrected chi connectivity index (χ0v) is 56.1. The molecule has 0 aliphatic carbocycles. The molecule has 0 atom stereocenters. The Morgan fingerprint density at radius 1 is 0.404 bits per heavy atom. The number of nitrogens with one attached hydrogen (secondary N) is 3. The Morgan fingerprint density at radius 2 is 0.707 bits per heavy atom. The molecular weight excluding hydrogens is 1280 g/mol. The monoisotopic (exact) mass is 1350 g/mol. The molecule has 0 spiro atoms. The number of pyridine rings is 3. The van der Waals surface area contributed by atoms with E-state index >= 15 is 0 Å². The molecule has 21 nitrogen and oxygen atoms in total. The normalized spacial score (nSPS) is 11.0. The number of benzene rings is 6. The molecule has 0 unspecified atom stereocenters. The molecule has 6 aromatic carbocycles. The van der Waals surface area contributed by atoms with E-state index in [9.17, 15) is 34.1 Å². The molecule has 23 heteroatoms. The minimum Gasteiger partial charge on any atom is -0.492 e. The maximum atomic E-state index is 14.8. The van der Waals surface area contributed by atoms with E-state index < -0.39 is 23.7 Å². The van der Waals surface area contributed by atoms with Crippen molar-refractivity contribution in [3.05, 3.63) is 234 Å². The first kappa shape index (κ1) is 70.1. The highest BCUT2D eigenvalue weighted by Gasteiger charge is 2.23. The van der Waals surface area contributed by atoms with Crippen LogP contribution in [0.1, 0.15) is 36.6 Å². The van der Waals surface area contributed by atoms with E-state index in [2.05, 4.69) is 39.7 Å². The first-order valence-corrected chi connectivity index (χ1v) is 31.7. The summed E-state index contributed by atoms with van der Waals surface area (Å²) in [5.74, 6) is 0.491. The Labute approximate surface area is 576 Å². The Kier molecular flexibility index (Phi) is 23.3. The van der Waals surface area contributed by atoms with Crippen LogP contribution in [0.3, 0.4) is 0 Å². The van der Waals surface area contributed by atoms with Crippen LogP contribution in [0.25, 0.3) is 102 Å². The third kappa shape index (κ3) is 18.3. The molecule has 6 N–H and O–H groups in total. The van der Waals surface area contributed by atoms with Gasteiger partial charge in [0.05, 0.1) is 55.9 Å². The van der Waals surface area contributed by atoms with E-state index in [1.165, 1.54) is 18.2 Å². The maximum absolute atomic E-state index is 14.8. The molecule has 0 saturated heterocycles. The predicted octanol–water partition coefficient (Wildman–Crippen LogP) is 14.4. The van der Waals surface area contributed by atoms with Gasteiger partial charge in [-0.05, 0) is 212 Å². The Balaban J connectivity index is 0.000000161. The van der Waals surface area contributed by atoms with Crippen molar-refractivity contribution in [3.8, 4) is 119 Å². The molecular formula is C76H72ClFN12O9. The lowest BCUT2D eigenvalue weighted by molar-refractivity contribution is 0.0686. The number of carbonyl (C=O) groups is 3. The average Bonchev–Trinajstić information content (AvgIpc) is 1.68. The summed E-state index contributed by atoms with van der Waals surface area (Å²) in [4.78, 5) is 77.3. The number of H-pyrrole nitrogens is 3. The molecule has 0 saturated carbocycles. The van der Waals surface area contributed by atoms with Crippen LogP contribution >= 0.6 is 11.6 Å². The molecule has 0 amide bonds. The zero-order chi connectivity index (χ0) is 70.1. The highest BCUT2D eigenvalue weighted by atomic mass is 35.5. The average molecular weight is 1350 g/mol. The van der Waals surface area contributed by atoms with Crippen LogP contribution in [0.4, 0.5) is 4.39 Å². The number of aromatic carboxylic acids is 3. The highest BCUT2D eigenvalue weighted by molar-refractivity contribution is 6.33. The van der Waals surface area contributed by atoms with Crippen molar-refractivity contribution in [3.63, 3.8) is 0 Å². The van der Waals surface area contributed by atoms with Crippen LogP contribution in [0.5, 0.6) is 17.2 Å². The lowest BCUT2D eigenvalue weighted by Crippen LogP contribution is -2.19. The zero-order valence-electron chi connectivity index (χ0n) is 55.4. The molecule has 12 aromatic rings. The first-order valence-electron chi connectivity index (χ1n) is 31.3. The summed E-state index contributed by atoms with van der Waals surface area (Å²) in [6.07, 6.45) is 10.0. The quantitative estimate of drug-likeness (QED) is 0.0328. The summed E-state index contributed by atoms with van der Waals surface area (Å²) in [6.45, 7) is 6.21. The lowest BCUT2D eigenvalue weighted by atomic mass is 9.99. The molecule has 0 radical (unpaired) electrons. The Bertz CT molecular complexity index is 4230. The first-order chi connectivity index (χ1) is 47.8. The number of imidazole rings is 3. The summed E-state index contributed by atoms with van der Waals surface area (Å²) in [5.41, 5.74) is 11.5. The van der Waals surface area contributed by atoms with Gasteiger partial charge in [0.25, 0.3) is 0 Å². The fourth-order valence-electron chi connectivity index (χ4n) is 10.2. The van der Waals surface area contributed by atoms with Crippen molar-refractivity contribution in [1.82, 2.24) is 59.6 Å². The van der Waals surface area contributed by atoms with Crippen molar-refractivity contribution >= 4 is 29.5 Å². The topological polar surface area (TPSA) is 274 Å². The van der Waals surface area contributed by atoms with Crippen molar-refractivity contribution in [2.75, 3.05) is 81.7 Å². The van der Waals surface area contributed by atoms with Gasteiger partial charge in [0.1, 0.15) is 60.4 Å². The molecule has 0 bridgehead atoms. The fourth-order valence-corrected chi connectivity index (χ4v) is 10.4. The summed E-state index contributed by atoms with van der Waals surface area (Å²) in [5, 5.41) is 28.7. The summed E-state index contributed by atoms with van der Waals surface area (Å²) < 4.78 is 32.1. The van der Waals surface area contributed by atoms with E-state index in [0.717, 1.165) is 98.8 Å². The molecule has 12 rings (SSSR count). The van der Waals surface area contributed by atoms with E-state index in [1.807, 2.05) is 157 Å². The van der Waals surface area contributed by atoms with Gasteiger partial charge in [-0.25, -0.2) is 33.7 Å². The number of likely N-dealkylation sites (N-methyl/N-ethyl adjacent to an activating group) is 3. The number of hydrogen-bond acceptors (Lipinski definition) is 15. The van der Waals surface area contributed by atoms with Crippen LogP contribution in [0.2, 0.25) is 5.02 Å². The summed E-state index contributed by atoms with van der Waals surface area (Å²) >= 11 is 6.47. The number of halogens is 2. The molecule has 6 aromatic heterocycles. The van der Waals surface area contributed by atoms with Gasteiger partial charge in [0.2, 0.25) is 0 Å². The lowest BCUT2D eigenvalue weighted by Gasteiger charge is -2.11. The third-order valence-corrected chi connectivity index (χ3v) is 15.8. The summed E-state index contributed by atoms with van der Waals surface area (Å²) in [7, 11) is 12.0. The number of aryl methyl sites for hydroxylation is 1. The second-order valence-electron chi connectivity index (χ2n) is 23.5. The van der Waals surface area contributed by atoms with Crippen molar-refractivity contribution < 1.29 is 48.3 Å². The largest absolute Gasteiger partial charge is 0.492 e. The predicted molar refractivity (Wildman–Crippen MR) is 381 cm³/mol.